The Labute approximate surface area is 197 Å². The van der Waals surface area contributed by atoms with Crippen LogP contribution in [0.3, 0.4) is 0 Å². The Morgan fingerprint density at radius 3 is 2.74 bits per heavy atom. The molecule has 0 amide bonds. The highest BCUT2D eigenvalue weighted by atomic mass is 79.9. The minimum Gasteiger partial charge on any atom is -0.340 e. The summed E-state index contributed by atoms with van der Waals surface area (Å²) in [5.74, 6) is 1.07. The van der Waals surface area contributed by atoms with E-state index in [-0.39, 0.29) is 5.54 Å². The van der Waals surface area contributed by atoms with Gasteiger partial charge in [0, 0.05) is 22.1 Å². The van der Waals surface area contributed by atoms with Crippen LogP contribution in [0.4, 0.5) is 0 Å². The van der Waals surface area contributed by atoms with E-state index in [1.54, 1.807) is 0 Å². The first-order chi connectivity index (χ1) is 14.8. The fourth-order valence-electron chi connectivity index (χ4n) is 4.93. The number of benzene rings is 2. The zero-order valence-electron chi connectivity index (χ0n) is 18.8. The van der Waals surface area contributed by atoms with Crippen molar-refractivity contribution in [3.05, 3.63) is 69.1 Å². The van der Waals surface area contributed by atoms with Gasteiger partial charge in [0.15, 0.2) is 0 Å². The number of aryl methyl sites for hydroxylation is 2. The smallest absolute Gasteiger partial charge is 0.129 e. The number of hydrazine groups is 1. The molecule has 0 aliphatic carbocycles. The summed E-state index contributed by atoms with van der Waals surface area (Å²) in [5, 5.41) is 5.33. The molecule has 31 heavy (non-hydrogen) atoms. The lowest BCUT2D eigenvalue weighted by Crippen LogP contribution is -2.50. The van der Waals surface area contributed by atoms with Crippen molar-refractivity contribution in [1.82, 2.24) is 20.0 Å². The van der Waals surface area contributed by atoms with Crippen LogP contribution in [0.2, 0.25) is 0 Å². The van der Waals surface area contributed by atoms with Crippen LogP contribution >= 0.6 is 27.7 Å². The topological polar surface area (TPSA) is 35.2 Å². The van der Waals surface area contributed by atoms with Crippen LogP contribution in [0.5, 0.6) is 0 Å². The molecule has 1 aromatic heterocycles. The molecular weight excluding hydrogens is 468 g/mol. The van der Waals surface area contributed by atoms with Gasteiger partial charge in [-0.15, -0.1) is 0 Å². The molecule has 2 aliphatic heterocycles. The Hall–Kier alpha value is -1.76. The molecule has 0 radical (unpaired) electrons. The summed E-state index contributed by atoms with van der Waals surface area (Å²) in [5.41, 5.74) is 7.21. The molecule has 1 N–H and O–H groups in total. The zero-order valence-corrected chi connectivity index (χ0v) is 21.2. The number of hydrogen-bond acceptors (Lipinski definition) is 4. The van der Waals surface area contributed by atoms with Crippen LogP contribution in [-0.2, 0) is 5.54 Å². The molecule has 6 heteroatoms. The van der Waals surface area contributed by atoms with Gasteiger partial charge in [-0.1, -0.05) is 52.0 Å². The minimum absolute atomic E-state index is 0.154. The number of H-pyrrole nitrogens is 1. The van der Waals surface area contributed by atoms with Crippen molar-refractivity contribution in [2.24, 2.45) is 0 Å². The van der Waals surface area contributed by atoms with Gasteiger partial charge < -0.3 is 4.98 Å². The number of imidazole rings is 1. The highest BCUT2D eigenvalue weighted by Crippen LogP contribution is 2.47. The lowest BCUT2D eigenvalue weighted by atomic mass is 9.99. The number of halogens is 1. The predicted molar refractivity (Wildman–Crippen MR) is 135 cm³/mol. The standard InChI is InChI=1S/C25H29BrN4S/c1-15-9-6-7-10-19(15)22-14-29(18(4)31-22)30-12-8-11-25(30,5)24-27-21-13-20(26)16(2)17(3)23(21)28-24/h6-7,9-10,13-14,18H,8,11-12H2,1-5H3,(H,27,28)/t18?,25-/m0/s1. The third-order valence-corrected chi connectivity index (χ3v) is 8.96. The van der Waals surface area contributed by atoms with Gasteiger partial charge in [-0.3, -0.25) is 5.01 Å². The number of rotatable bonds is 3. The molecule has 1 fully saturated rings. The molecule has 0 spiro atoms. The summed E-state index contributed by atoms with van der Waals surface area (Å²) in [7, 11) is 0. The van der Waals surface area contributed by atoms with Crippen LogP contribution in [-0.4, -0.2) is 31.9 Å². The fraction of sp³-hybridized carbons (Fsp3) is 0.400. The Kier molecular flexibility index (Phi) is 5.23. The maximum Gasteiger partial charge on any atom is 0.129 e. The molecule has 2 atom stereocenters. The van der Waals surface area contributed by atoms with Crippen LogP contribution in [0.1, 0.15) is 54.8 Å². The van der Waals surface area contributed by atoms with Crippen molar-refractivity contribution in [1.29, 1.82) is 0 Å². The van der Waals surface area contributed by atoms with E-state index in [0.29, 0.717) is 5.37 Å². The van der Waals surface area contributed by atoms with E-state index in [1.807, 2.05) is 11.8 Å². The van der Waals surface area contributed by atoms with Crippen molar-refractivity contribution in [2.75, 3.05) is 6.54 Å². The van der Waals surface area contributed by atoms with Gasteiger partial charge in [0.05, 0.1) is 21.9 Å². The summed E-state index contributed by atoms with van der Waals surface area (Å²) in [4.78, 5) is 10.2. The number of nitrogens with zero attached hydrogens (tertiary/aromatic N) is 3. The second kappa shape index (κ2) is 7.68. The molecule has 4 nitrogen and oxygen atoms in total. The molecule has 3 aromatic rings. The third kappa shape index (κ3) is 3.35. The Bertz CT molecular complexity index is 1200. The zero-order chi connectivity index (χ0) is 21.9. The summed E-state index contributed by atoms with van der Waals surface area (Å²) < 4.78 is 1.14. The van der Waals surface area contributed by atoms with E-state index in [4.69, 9.17) is 4.98 Å². The van der Waals surface area contributed by atoms with E-state index in [0.717, 1.165) is 40.7 Å². The summed E-state index contributed by atoms with van der Waals surface area (Å²) in [6.07, 6.45) is 4.60. The lowest BCUT2D eigenvalue weighted by molar-refractivity contribution is -0.0492. The average molecular weight is 498 g/mol. The van der Waals surface area contributed by atoms with Gasteiger partial charge in [-0.25, -0.2) is 9.99 Å². The maximum absolute atomic E-state index is 5.13. The first-order valence-electron chi connectivity index (χ1n) is 11.0. The summed E-state index contributed by atoms with van der Waals surface area (Å²) in [6, 6.07) is 10.8. The molecule has 162 valence electrons. The van der Waals surface area contributed by atoms with Gasteiger partial charge >= 0.3 is 0 Å². The van der Waals surface area contributed by atoms with E-state index in [1.165, 1.54) is 27.2 Å². The molecule has 0 bridgehead atoms. The van der Waals surface area contributed by atoms with Gasteiger partial charge in [0.1, 0.15) is 5.82 Å². The third-order valence-electron chi connectivity index (χ3n) is 7.00. The number of nitrogens with one attached hydrogen (secondary N) is 1. The van der Waals surface area contributed by atoms with E-state index >= 15 is 0 Å². The largest absolute Gasteiger partial charge is 0.340 e. The number of thioether (sulfide) groups is 1. The molecule has 0 saturated carbocycles. The van der Waals surface area contributed by atoms with Gasteiger partial charge in [-0.2, -0.15) is 0 Å². The average Bonchev–Trinajstić information content (AvgIpc) is 3.44. The second-order valence-electron chi connectivity index (χ2n) is 9.00. The molecule has 2 aromatic carbocycles. The van der Waals surface area contributed by atoms with E-state index in [2.05, 4.69) is 102 Å². The predicted octanol–water partition coefficient (Wildman–Crippen LogP) is 6.87. The van der Waals surface area contributed by atoms with Crippen molar-refractivity contribution < 1.29 is 0 Å². The van der Waals surface area contributed by atoms with Gasteiger partial charge in [0.25, 0.3) is 0 Å². The van der Waals surface area contributed by atoms with Crippen LogP contribution in [0.25, 0.3) is 15.9 Å². The normalized spacial score (nSPS) is 24.4. The highest BCUT2D eigenvalue weighted by Gasteiger charge is 2.45. The van der Waals surface area contributed by atoms with Crippen molar-refractivity contribution in [2.45, 2.75) is 58.4 Å². The SMILES string of the molecule is Cc1ccccc1C1=CN(N2CCC[C@@]2(C)c2nc3c(C)c(C)c(Br)cc3[nH]2)C(C)S1. The van der Waals surface area contributed by atoms with Crippen molar-refractivity contribution >= 4 is 43.6 Å². The number of aromatic amines is 1. The monoisotopic (exact) mass is 496 g/mol. The van der Waals surface area contributed by atoms with Gasteiger partial charge in [-0.05, 0) is 75.8 Å². The fourth-order valence-corrected chi connectivity index (χ4v) is 6.63. The molecular formula is C25H29BrN4S. The molecule has 5 rings (SSSR count). The molecule has 1 saturated heterocycles. The summed E-state index contributed by atoms with van der Waals surface area (Å²) in [6.45, 7) is 12.2. The molecule has 2 aliphatic rings. The highest BCUT2D eigenvalue weighted by molar-refractivity contribution is 9.10. The summed E-state index contributed by atoms with van der Waals surface area (Å²) >= 11 is 5.65. The second-order valence-corrected chi connectivity index (χ2v) is 11.2. The van der Waals surface area contributed by atoms with E-state index in [9.17, 15) is 0 Å². The van der Waals surface area contributed by atoms with Gasteiger partial charge in [0.2, 0.25) is 0 Å². The molecule has 1 unspecified atom stereocenters. The quantitative estimate of drug-likeness (QED) is 0.428. The van der Waals surface area contributed by atoms with E-state index < -0.39 is 0 Å². The Morgan fingerprint density at radius 2 is 1.97 bits per heavy atom. The number of fused-ring (bicyclic) bond motifs is 1. The number of hydrogen-bond donors (Lipinski definition) is 1. The number of aromatic nitrogens is 2. The Balaban J connectivity index is 1.54. The van der Waals surface area contributed by atoms with Crippen molar-refractivity contribution in [3.8, 4) is 0 Å². The van der Waals surface area contributed by atoms with Crippen LogP contribution in [0.15, 0.2) is 41.0 Å². The Morgan fingerprint density at radius 1 is 1.19 bits per heavy atom. The van der Waals surface area contributed by atoms with Crippen molar-refractivity contribution in [3.63, 3.8) is 0 Å². The maximum atomic E-state index is 5.13. The lowest BCUT2D eigenvalue weighted by Gasteiger charge is -2.41. The van der Waals surface area contributed by atoms with Crippen LogP contribution in [0, 0.1) is 20.8 Å². The van der Waals surface area contributed by atoms with Crippen LogP contribution < -0.4 is 0 Å². The molecule has 3 heterocycles. The first kappa shape index (κ1) is 21.1. The minimum atomic E-state index is -0.154. The first-order valence-corrected chi connectivity index (χ1v) is 12.6.